The summed E-state index contributed by atoms with van der Waals surface area (Å²) in [6.07, 6.45) is 3.72. The van der Waals surface area contributed by atoms with Gasteiger partial charge in [-0.25, -0.2) is 0 Å². The van der Waals surface area contributed by atoms with E-state index in [2.05, 4.69) is 5.32 Å². The van der Waals surface area contributed by atoms with Crippen molar-refractivity contribution in [3.8, 4) is 0 Å². The minimum atomic E-state index is -0.0658. The van der Waals surface area contributed by atoms with Crippen LogP contribution in [0.25, 0.3) is 0 Å². The summed E-state index contributed by atoms with van der Waals surface area (Å²) in [5.74, 6) is 0.698. The number of nitrogen functional groups attached to an aromatic ring is 1. The average molecular weight is 283 g/mol. The number of halogens is 1. The number of anilines is 2. The number of rotatable bonds is 7. The van der Waals surface area contributed by atoms with Crippen molar-refractivity contribution in [2.45, 2.75) is 25.7 Å². The van der Waals surface area contributed by atoms with Gasteiger partial charge in [0, 0.05) is 24.7 Å². The van der Waals surface area contributed by atoms with E-state index in [4.69, 9.17) is 22.1 Å². The number of amides is 1. The van der Waals surface area contributed by atoms with E-state index in [0.29, 0.717) is 29.4 Å². The first-order valence-electron chi connectivity index (χ1n) is 6.58. The van der Waals surface area contributed by atoms with Gasteiger partial charge < -0.3 is 15.8 Å². The second-order valence-electron chi connectivity index (χ2n) is 4.90. The molecule has 1 aliphatic carbocycles. The molecule has 0 aromatic heterocycles. The molecule has 1 fully saturated rings. The van der Waals surface area contributed by atoms with Gasteiger partial charge in [0.2, 0.25) is 5.91 Å². The molecule has 0 spiro atoms. The summed E-state index contributed by atoms with van der Waals surface area (Å²) in [7, 11) is 0. The van der Waals surface area contributed by atoms with Gasteiger partial charge in [0.1, 0.15) is 0 Å². The van der Waals surface area contributed by atoms with Gasteiger partial charge in [0.05, 0.1) is 11.4 Å². The van der Waals surface area contributed by atoms with Crippen LogP contribution < -0.4 is 11.1 Å². The van der Waals surface area contributed by atoms with Crippen LogP contribution in [0.4, 0.5) is 11.4 Å². The van der Waals surface area contributed by atoms with Crippen molar-refractivity contribution in [1.82, 2.24) is 0 Å². The molecule has 0 unspecified atom stereocenters. The molecule has 0 bridgehead atoms. The first-order chi connectivity index (χ1) is 9.15. The van der Waals surface area contributed by atoms with Crippen LogP contribution in [0.1, 0.15) is 25.7 Å². The lowest BCUT2D eigenvalue weighted by Gasteiger charge is -2.08. The fourth-order valence-electron chi connectivity index (χ4n) is 1.72. The minimum Gasteiger partial charge on any atom is -0.397 e. The average Bonchev–Trinajstić information content (AvgIpc) is 3.17. The van der Waals surface area contributed by atoms with Crippen molar-refractivity contribution >= 4 is 28.9 Å². The van der Waals surface area contributed by atoms with Crippen LogP contribution in [-0.2, 0) is 9.53 Å². The molecule has 0 atom stereocenters. The molecule has 2 rings (SSSR count). The van der Waals surface area contributed by atoms with Crippen LogP contribution in [0.3, 0.4) is 0 Å². The number of nitrogens with one attached hydrogen (secondary N) is 1. The lowest BCUT2D eigenvalue weighted by Crippen LogP contribution is -2.13. The maximum Gasteiger partial charge on any atom is 0.224 e. The van der Waals surface area contributed by atoms with Crippen molar-refractivity contribution in [3.05, 3.63) is 23.2 Å². The third-order valence-electron chi connectivity index (χ3n) is 3.03. The van der Waals surface area contributed by atoms with Gasteiger partial charge >= 0.3 is 0 Å². The summed E-state index contributed by atoms with van der Waals surface area (Å²) < 4.78 is 5.48. The van der Waals surface area contributed by atoms with Crippen LogP contribution >= 0.6 is 11.6 Å². The monoisotopic (exact) mass is 282 g/mol. The third-order valence-corrected chi connectivity index (χ3v) is 3.27. The molecule has 1 aliphatic rings. The van der Waals surface area contributed by atoms with E-state index in [1.165, 1.54) is 12.8 Å². The maximum atomic E-state index is 11.7. The number of nitrogens with two attached hydrogens (primary N) is 1. The molecule has 1 saturated carbocycles. The van der Waals surface area contributed by atoms with Crippen LogP contribution in [0.2, 0.25) is 5.02 Å². The first-order valence-corrected chi connectivity index (χ1v) is 6.95. The Morgan fingerprint density at radius 1 is 1.47 bits per heavy atom. The van der Waals surface area contributed by atoms with E-state index < -0.39 is 0 Å². The quantitative estimate of drug-likeness (QED) is 0.597. The Labute approximate surface area is 118 Å². The van der Waals surface area contributed by atoms with Crippen molar-refractivity contribution in [1.29, 1.82) is 0 Å². The summed E-state index contributed by atoms with van der Waals surface area (Å²) in [4.78, 5) is 11.7. The highest BCUT2D eigenvalue weighted by atomic mass is 35.5. The third kappa shape index (κ3) is 5.09. The van der Waals surface area contributed by atoms with Crippen LogP contribution in [0.15, 0.2) is 18.2 Å². The Morgan fingerprint density at radius 3 is 3.00 bits per heavy atom. The van der Waals surface area contributed by atoms with E-state index in [1.54, 1.807) is 18.2 Å². The highest BCUT2D eigenvalue weighted by molar-refractivity contribution is 6.31. The van der Waals surface area contributed by atoms with Crippen molar-refractivity contribution in [2.75, 3.05) is 24.3 Å². The highest BCUT2D eigenvalue weighted by Crippen LogP contribution is 2.28. The van der Waals surface area contributed by atoms with E-state index in [0.717, 1.165) is 18.9 Å². The molecular weight excluding hydrogens is 264 g/mol. The van der Waals surface area contributed by atoms with Crippen LogP contribution in [-0.4, -0.2) is 19.1 Å². The smallest absolute Gasteiger partial charge is 0.224 e. The fraction of sp³-hybridized carbons (Fsp3) is 0.500. The molecule has 0 heterocycles. The molecular formula is C14H19ClN2O2. The lowest BCUT2D eigenvalue weighted by atomic mass is 10.2. The van der Waals surface area contributed by atoms with Gasteiger partial charge in [-0.1, -0.05) is 11.6 Å². The zero-order chi connectivity index (χ0) is 13.7. The van der Waals surface area contributed by atoms with E-state index in [-0.39, 0.29) is 5.91 Å². The van der Waals surface area contributed by atoms with Crippen LogP contribution in [0.5, 0.6) is 0 Å². The standard InChI is InChI=1S/C14H19ClN2O2/c15-11-5-6-12(16)13(8-11)17-14(18)2-1-7-19-9-10-3-4-10/h5-6,8,10H,1-4,7,9,16H2,(H,17,18). The summed E-state index contributed by atoms with van der Waals surface area (Å²) in [5, 5.41) is 3.31. The lowest BCUT2D eigenvalue weighted by molar-refractivity contribution is -0.116. The van der Waals surface area contributed by atoms with E-state index >= 15 is 0 Å². The molecule has 0 aliphatic heterocycles. The largest absolute Gasteiger partial charge is 0.397 e. The van der Waals surface area contributed by atoms with Gasteiger partial charge in [0.15, 0.2) is 0 Å². The van der Waals surface area contributed by atoms with Gasteiger partial charge in [-0.15, -0.1) is 0 Å². The number of hydrogen-bond donors (Lipinski definition) is 2. The molecule has 3 N–H and O–H groups in total. The Kier molecular flexibility index (Phi) is 5.05. The summed E-state index contributed by atoms with van der Waals surface area (Å²) in [6, 6.07) is 5.02. The summed E-state index contributed by atoms with van der Waals surface area (Å²) in [6.45, 7) is 1.47. The first kappa shape index (κ1) is 14.2. The number of carbonyl (C=O) groups excluding carboxylic acids is 1. The van der Waals surface area contributed by atoms with E-state index in [1.807, 2.05) is 0 Å². The van der Waals surface area contributed by atoms with Gasteiger partial charge in [-0.2, -0.15) is 0 Å². The molecule has 4 nitrogen and oxygen atoms in total. The fourth-order valence-corrected chi connectivity index (χ4v) is 1.89. The minimum absolute atomic E-state index is 0.0658. The zero-order valence-electron chi connectivity index (χ0n) is 10.8. The normalized spacial score (nSPS) is 14.4. The Morgan fingerprint density at radius 2 is 2.26 bits per heavy atom. The Bertz CT molecular complexity index is 447. The molecule has 0 radical (unpaired) electrons. The number of hydrogen-bond acceptors (Lipinski definition) is 3. The molecule has 0 saturated heterocycles. The summed E-state index contributed by atoms with van der Waals surface area (Å²) in [5.41, 5.74) is 6.84. The summed E-state index contributed by atoms with van der Waals surface area (Å²) >= 11 is 5.85. The van der Waals surface area contributed by atoms with Gasteiger partial charge in [-0.3, -0.25) is 4.79 Å². The number of benzene rings is 1. The van der Waals surface area contributed by atoms with Crippen molar-refractivity contribution in [3.63, 3.8) is 0 Å². The van der Waals surface area contributed by atoms with E-state index in [9.17, 15) is 4.79 Å². The van der Waals surface area contributed by atoms with Crippen molar-refractivity contribution < 1.29 is 9.53 Å². The highest BCUT2D eigenvalue weighted by Gasteiger charge is 2.20. The molecule has 19 heavy (non-hydrogen) atoms. The Balaban J connectivity index is 1.66. The van der Waals surface area contributed by atoms with Crippen LogP contribution in [0, 0.1) is 5.92 Å². The molecule has 104 valence electrons. The maximum absolute atomic E-state index is 11.7. The number of carbonyl (C=O) groups is 1. The Hall–Kier alpha value is -1.26. The molecule has 5 heteroatoms. The van der Waals surface area contributed by atoms with Gasteiger partial charge in [0.25, 0.3) is 0 Å². The van der Waals surface area contributed by atoms with Crippen molar-refractivity contribution in [2.24, 2.45) is 5.92 Å². The molecule has 1 amide bonds. The number of ether oxygens (including phenoxy) is 1. The second-order valence-corrected chi connectivity index (χ2v) is 5.34. The second kappa shape index (κ2) is 6.78. The zero-order valence-corrected chi connectivity index (χ0v) is 11.6. The topological polar surface area (TPSA) is 64.3 Å². The molecule has 1 aromatic carbocycles. The molecule has 1 aromatic rings. The predicted octanol–water partition coefficient (Wildman–Crippen LogP) is 3.07. The SMILES string of the molecule is Nc1ccc(Cl)cc1NC(=O)CCCOCC1CC1. The van der Waals surface area contributed by atoms with Gasteiger partial charge in [-0.05, 0) is 43.4 Å². The predicted molar refractivity (Wildman–Crippen MR) is 77.3 cm³/mol.